The molecule has 0 saturated carbocycles. The molecule has 0 radical (unpaired) electrons. The van der Waals surface area contributed by atoms with E-state index in [1.54, 1.807) is 26.2 Å². The second-order valence-electron chi connectivity index (χ2n) is 4.62. The molecule has 1 atom stereocenters. The molecule has 0 saturated heterocycles. The van der Waals surface area contributed by atoms with Crippen molar-refractivity contribution in [2.75, 3.05) is 19.0 Å². The molecule has 2 aromatic carbocycles. The van der Waals surface area contributed by atoms with Gasteiger partial charge in [0.25, 0.3) is 0 Å². The number of aryl methyl sites for hydroxylation is 1. The molecule has 2 rings (SSSR count). The zero-order valence-electron chi connectivity index (χ0n) is 11.6. The van der Waals surface area contributed by atoms with Crippen LogP contribution in [0.3, 0.4) is 0 Å². The number of hydrogen-bond donors (Lipinski definition) is 2. The topological polar surface area (TPSA) is 41.5 Å². The summed E-state index contributed by atoms with van der Waals surface area (Å²) in [6.45, 7) is 1.64. The molecule has 20 heavy (non-hydrogen) atoms. The summed E-state index contributed by atoms with van der Waals surface area (Å²) in [4.78, 5) is 0. The molecule has 0 aliphatic carbocycles. The van der Waals surface area contributed by atoms with Crippen LogP contribution in [0.1, 0.15) is 17.2 Å². The van der Waals surface area contributed by atoms with Gasteiger partial charge in [-0.2, -0.15) is 0 Å². The van der Waals surface area contributed by atoms with E-state index in [1.165, 1.54) is 6.07 Å². The Hall–Kier alpha value is -2.07. The lowest BCUT2D eigenvalue weighted by atomic mass is 10.0. The van der Waals surface area contributed by atoms with Gasteiger partial charge in [0.1, 0.15) is 11.6 Å². The molecule has 0 spiro atoms. The van der Waals surface area contributed by atoms with Crippen molar-refractivity contribution in [2.24, 2.45) is 0 Å². The van der Waals surface area contributed by atoms with Gasteiger partial charge in [0.05, 0.1) is 19.8 Å². The summed E-state index contributed by atoms with van der Waals surface area (Å²) in [5, 5.41) is 12.7. The molecule has 0 aliphatic rings. The molecule has 0 aliphatic heterocycles. The van der Waals surface area contributed by atoms with Crippen LogP contribution in [0.4, 0.5) is 10.1 Å². The van der Waals surface area contributed by atoms with Gasteiger partial charge in [-0.15, -0.1) is 0 Å². The van der Waals surface area contributed by atoms with Gasteiger partial charge in [-0.25, -0.2) is 4.39 Å². The molecule has 0 amide bonds. The van der Waals surface area contributed by atoms with Crippen LogP contribution in [0.15, 0.2) is 42.5 Å². The van der Waals surface area contributed by atoms with E-state index >= 15 is 0 Å². The SMILES string of the molecule is COc1ccc(NC(CO)c2ccc(F)c(C)c2)cc1. The van der Waals surface area contributed by atoms with Crippen molar-refractivity contribution in [3.63, 3.8) is 0 Å². The highest BCUT2D eigenvalue weighted by Gasteiger charge is 2.11. The minimum Gasteiger partial charge on any atom is -0.497 e. The van der Waals surface area contributed by atoms with Crippen LogP contribution in [-0.4, -0.2) is 18.8 Å². The lowest BCUT2D eigenvalue weighted by Gasteiger charge is -2.19. The fraction of sp³-hybridized carbons (Fsp3) is 0.250. The number of nitrogens with one attached hydrogen (secondary N) is 1. The number of methoxy groups -OCH3 is 1. The summed E-state index contributed by atoms with van der Waals surface area (Å²) in [7, 11) is 1.61. The number of hydrogen-bond acceptors (Lipinski definition) is 3. The maximum Gasteiger partial charge on any atom is 0.126 e. The van der Waals surface area contributed by atoms with Gasteiger partial charge >= 0.3 is 0 Å². The number of anilines is 1. The van der Waals surface area contributed by atoms with Gasteiger partial charge in [0, 0.05) is 5.69 Å². The van der Waals surface area contributed by atoms with Gasteiger partial charge in [0.2, 0.25) is 0 Å². The fourth-order valence-electron chi connectivity index (χ4n) is 2.01. The summed E-state index contributed by atoms with van der Waals surface area (Å²) in [5.74, 6) is 0.531. The van der Waals surface area contributed by atoms with Crippen molar-refractivity contribution in [1.29, 1.82) is 0 Å². The molecule has 0 fully saturated rings. The first-order valence-electron chi connectivity index (χ1n) is 6.41. The summed E-state index contributed by atoms with van der Waals surface area (Å²) >= 11 is 0. The molecule has 2 aromatic rings. The second-order valence-corrected chi connectivity index (χ2v) is 4.62. The Morgan fingerprint density at radius 3 is 2.45 bits per heavy atom. The van der Waals surface area contributed by atoms with Gasteiger partial charge in [0.15, 0.2) is 0 Å². The maximum absolute atomic E-state index is 13.3. The highest BCUT2D eigenvalue weighted by molar-refractivity contribution is 5.48. The van der Waals surface area contributed by atoms with Crippen molar-refractivity contribution in [2.45, 2.75) is 13.0 Å². The zero-order valence-corrected chi connectivity index (χ0v) is 11.6. The standard InChI is InChI=1S/C16H18FNO2/c1-11-9-12(3-8-15(11)17)16(10-19)18-13-4-6-14(20-2)7-5-13/h3-9,16,18-19H,10H2,1-2H3. The third-order valence-corrected chi connectivity index (χ3v) is 3.20. The fourth-order valence-corrected chi connectivity index (χ4v) is 2.01. The summed E-state index contributed by atoms with van der Waals surface area (Å²) in [5.41, 5.74) is 2.28. The third-order valence-electron chi connectivity index (χ3n) is 3.20. The van der Waals surface area contributed by atoms with E-state index in [0.717, 1.165) is 17.0 Å². The average Bonchev–Trinajstić information content (AvgIpc) is 2.48. The summed E-state index contributed by atoms with van der Waals surface area (Å²) < 4.78 is 18.4. The minimum atomic E-state index is -0.275. The predicted molar refractivity (Wildman–Crippen MR) is 77.6 cm³/mol. The number of halogens is 1. The molecule has 0 heterocycles. The monoisotopic (exact) mass is 275 g/mol. The molecule has 0 bridgehead atoms. The first kappa shape index (κ1) is 14.3. The third kappa shape index (κ3) is 3.27. The Labute approximate surface area is 118 Å². The van der Waals surface area contributed by atoms with Crippen molar-refractivity contribution in [3.8, 4) is 5.75 Å². The van der Waals surface area contributed by atoms with Crippen LogP contribution in [-0.2, 0) is 0 Å². The summed E-state index contributed by atoms with van der Waals surface area (Å²) in [6, 6.07) is 12.0. The van der Waals surface area contributed by atoms with E-state index in [0.29, 0.717) is 5.56 Å². The molecular weight excluding hydrogens is 257 g/mol. The van der Waals surface area contributed by atoms with Crippen molar-refractivity contribution in [1.82, 2.24) is 0 Å². The highest BCUT2D eigenvalue weighted by atomic mass is 19.1. The van der Waals surface area contributed by atoms with Gasteiger partial charge in [-0.3, -0.25) is 0 Å². The van der Waals surface area contributed by atoms with E-state index in [1.807, 2.05) is 24.3 Å². The number of ether oxygens (including phenoxy) is 1. The normalized spacial score (nSPS) is 12.0. The van der Waals surface area contributed by atoms with E-state index in [4.69, 9.17) is 4.74 Å². The number of aliphatic hydroxyl groups excluding tert-OH is 1. The average molecular weight is 275 g/mol. The van der Waals surface area contributed by atoms with E-state index < -0.39 is 0 Å². The van der Waals surface area contributed by atoms with Crippen molar-refractivity contribution < 1.29 is 14.2 Å². The van der Waals surface area contributed by atoms with Gasteiger partial charge < -0.3 is 15.2 Å². The molecule has 4 heteroatoms. The van der Waals surface area contributed by atoms with E-state index in [2.05, 4.69) is 5.32 Å². The minimum absolute atomic E-state index is 0.0723. The number of rotatable bonds is 5. The first-order chi connectivity index (χ1) is 9.63. The lowest BCUT2D eigenvalue weighted by molar-refractivity contribution is 0.276. The zero-order chi connectivity index (χ0) is 14.5. The Bertz CT molecular complexity index is 569. The maximum atomic E-state index is 13.3. The van der Waals surface area contributed by atoms with E-state index in [-0.39, 0.29) is 18.5 Å². The molecule has 106 valence electrons. The Balaban J connectivity index is 2.16. The van der Waals surface area contributed by atoms with Gasteiger partial charge in [-0.1, -0.05) is 12.1 Å². The quantitative estimate of drug-likeness (QED) is 0.879. The van der Waals surface area contributed by atoms with Crippen LogP contribution >= 0.6 is 0 Å². The second kappa shape index (κ2) is 6.39. The van der Waals surface area contributed by atoms with Crippen LogP contribution in [0.25, 0.3) is 0 Å². The molecule has 3 nitrogen and oxygen atoms in total. The van der Waals surface area contributed by atoms with Crippen LogP contribution in [0.2, 0.25) is 0 Å². The predicted octanol–water partition coefficient (Wildman–Crippen LogP) is 3.29. The van der Waals surface area contributed by atoms with Crippen molar-refractivity contribution in [3.05, 3.63) is 59.4 Å². The number of benzene rings is 2. The Morgan fingerprint density at radius 2 is 1.90 bits per heavy atom. The smallest absolute Gasteiger partial charge is 0.126 e. The van der Waals surface area contributed by atoms with Crippen LogP contribution < -0.4 is 10.1 Å². The summed E-state index contributed by atoms with van der Waals surface area (Å²) in [6.07, 6.45) is 0. The first-order valence-corrected chi connectivity index (χ1v) is 6.41. The molecule has 0 aromatic heterocycles. The number of aliphatic hydroxyl groups is 1. The molecule has 2 N–H and O–H groups in total. The Kier molecular flexibility index (Phi) is 4.58. The van der Waals surface area contributed by atoms with Gasteiger partial charge in [-0.05, 0) is 48.4 Å². The largest absolute Gasteiger partial charge is 0.497 e. The molecule has 1 unspecified atom stereocenters. The van der Waals surface area contributed by atoms with Crippen LogP contribution in [0.5, 0.6) is 5.75 Å². The van der Waals surface area contributed by atoms with Crippen molar-refractivity contribution >= 4 is 5.69 Å². The van der Waals surface area contributed by atoms with E-state index in [9.17, 15) is 9.50 Å². The van der Waals surface area contributed by atoms with Crippen LogP contribution in [0, 0.1) is 12.7 Å². The highest BCUT2D eigenvalue weighted by Crippen LogP contribution is 2.23. The lowest BCUT2D eigenvalue weighted by Crippen LogP contribution is -2.15. The Morgan fingerprint density at radius 1 is 1.20 bits per heavy atom. The molecular formula is C16H18FNO2.